The van der Waals surface area contributed by atoms with Gasteiger partial charge in [-0.1, -0.05) is 24.3 Å². The number of halogens is 1. The van der Waals surface area contributed by atoms with E-state index in [1.54, 1.807) is 24.4 Å². The zero-order valence-electron chi connectivity index (χ0n) is 24.0. The number of carbonyl (C=O) groups is 1. The van der Waals surface area contributed by atoms with Crippen molar-refractivity contribution >= 4 is 45.4 Å². The Bertz CT molecular complexity index is 1940. The van der Waals surface area contributed by atoms with E-state index < -0.39 is 6.09 Å². The summed E-state index contributed by atoms with van der Waals surface area (Å²) in [6.45, 7) is 3.25. The van der Waals surface area contributed by atoms with E-state index in [0.717, 1.165) is 53.9 Å². The Morgan fingerprint density at radius 1 is 0.978 bits per heavy atom. The van der Waals surface area contributed by atoms with Crippen LogP contribution < -0.4 is 15.5 Å². The maximum atomic E-state index is 13.2. The zero-order chi connectivity index (χ0) is 30.6. The summed E-state index contributed by atoms with van der Waals surface area (Å²) in [6.07, 6.45) is 3.06. The molecule has 0 atom stereocenters. The van der Waals surface area contributed by atoms with Crippen molar-refractivity contribution in [2.45, 2.75) is 6.61 Å². The van der Waals surface area contributed by atoms with Crippen molar-refractivity contribution < 1.29 is 18.7 Å². The Morgan fingerprint density at radius 3 is 2.62 bits per heavy atom. The summed E-state index contributed by atoms with van der Waals surface area (Å²) in [7, 11) is 0. The molecular weight excluding hydrogens is 593 g/mol. The van der Waals surface area contributed by atoms with Gasteiger partial charge in [-0.05, 0) is 60.2 Å². The maximum Gasteiger partial charge on any atom is 0.411 e. The van der Waals surface area contributed by atoms with Crippen LogP contribution >= 0.6 is 11.3 Å². The number of hydrogen-bond acceptors (Lipinski definition) is 9. The normalized spacial score (nSPS) is 13.1. The largest absolute Gasteiger partial charge is 0.444 e. The Labute approximate surface area is 262 Å². The van der Waals surface area contributed by atoms with Crippen molar-refractivity contribution in [3.63, 3.8) is 0 Å². The number of fused-ring (bicyclic) bond motifs is 1. The number of imidazole rings is 1. The minimum absolute atomic E-state index is 0.0232. The first-order chi connectivity index (χ1) is 22.1. The molecule has 1 amide bonds. The molecule has 0 unspecified atom stereocenters. The number of nitrogens with zero attached hydrogens (tertiary/aromatic N) is 5. The van der Waals surface area contributed by atoms with Gasteiger partial charge in [-0.2, -0.15) is 0 Å². The Morgan fingerprint density at radius 2 is 1.80 bits per heavy atom. The van der Waals surface area contributed by atoms with Gasteiger partial charge >= 0.3 is 6.09 Å². The van der Waals surface area contributed by atoms with E-state index in [2.05, 4.69) is 32.7 Å². The van der Waals surface area contributed by atoms with Crippen molar-refractivity contribution in [2.75, 3.05) is 41.8 Å². The van der Waals surface area contributed by atoms with Gasteiger partial charge in [0.1, 0.15) is 18.1 Å². The van der Waals surface area contributed by atoms with Crippen molar-refractivity contribution in [1.82, 2.24) is 19.4 Å². The molecule has 7 rings (SSSR count). The number of morpholine rings is 1. The third kappa shape index (κ3) is 6.47. The minimum atomic E-state index is -0.619. The van der Waals surface area contributed by atoms with Crippen LogP contribution in [0.15, 0.2) is 96.6 Å². The molecule has 2 N–H and O–H groups in total. The third-order valence-corrected chi connectivity index (χ3v) is 8.08. The second kappa shape index (κ2) is 12.7. The van der Waals surface area contributed by atoms with Crippen LogP contribution in [-0.4, -0.2) is 51.7 Å². The molecule has 3 aromatic heterocycles. The minimum Gasteiger partial charge on any atom is -0.444 e. The molecular formula is C33H28FN7O3S. The lowest BCUT2D eigenvalue weighted by Gasteiger charge is -2.28. The predicted octanol–water partition coefficient (Wildman–Crippen LogP) is 6.99. The van der Waals surface area contributed by atoms with Gasteiger partial charge in [-0.25, -0.2) is 24.1 Å². The van der Waals surface area contributed by atoms with Crippen LogP contribution in [-0.2, 0) is 16.1 Å². The van der Waals surface area contributed by atoms with Crippen molar-refractivity contribution in [2.24, 2.45) is 0 Å². The quantitative estimate of drug-likeness (QED) is 0.187. The number of rotatable bonds is 8. The zero-order valence-corrected chi connectivity index (χ0v) is 24.8. The second-order valence-corrected chi connectivity index (χ2v) is 11.2. The first-order valence-corrected chi connectivity index (χ1v) is 15.2. The molecule has 0 spiro atoms. The highest BCUT2D eigenvalue weighted by Crippen LogP contribution is 2.35. The molecule has 0 saturated carbocycles. The van der Waals surface area contributed by atoms with Crippen LogP contribution in [0.3, 0.4) is 0 Å². The van der Waals surface area contributed by atoms with Crippen molar-refractivity contribution in [3.05, 3.63) is 108 Å². The summed E-state index contributed by atoms with van der Waals surface area (Å²) in [5, 5.41) is 8.07. The lowest BCUT2D eigenvalue weighted by Crippen LogP contribution is -2.36. The molecule has 1 aliphatic rings. The van der Waals surface area contributed by atoms with E-state index in [-0.39, 0.29) is 12.4 Å². The van der Waals surface area contributed by atoms with Crippen LogP contribution in [0.2, 0.25) is 0 Å². The SMILES string of the molecule is O=C(Nc1cccc(-c2nc3sccn3c2-c2ccnc(Nc3ccc(N4CCOCC4)cc3)n2)c1)OCc1ccc(F)cc1. The van der Waals surface area contributed by atoms with E-state index in [1.165, 1.54) is 23.5 Å². The average molecular weight is 622 g/mol. The van der Waals surface area contributed by atoms with E-state index in [9.17, 15) is 9.18 Å². The molecule has 3 aromatic carbocycles. The fourth-order valence-electron chi connectivity index (χ4n) is 5.12. The van der Waals surface area contributed by atoms with Gasteiger partial charge < -0.3 is 19.7 Å². The molecule has 0 bridgehead atoms. The number of anilines is 4. The molecule has 10 nitrogen and oxygen atoms in total. The molecule has 0 radical (unpaired) electrons. The number of benzene rings is 3. The monoisotopic (exact) mass is 621 g/mol. The van der Waals surface area contributed by atoms with Gasteiger partial charge in [-0.15, -0.1) is 11.3 Å². The molecule has 6 aromatic rings. The Balaban J connectivity index is 1.11. The molecule has 0 aliphatic carbocycles. The number of ether oxygens (including phenoxy) is 2. The van der Waals surface area contributed by atoms with Gasteiger partial charge in [-0.3, -0.25) is 9.72 Å². The molecule has 1 aliphatic heterocycles. The molecule has 1 fully saturated rings. The molecule has 1 saturated heterocycles. The summed E-state index contributed by atoms with van der Waals surface area (Å²) in [5.41, 5.74) is 6.26. The van der Waals surface area contributed by atoms with Gasteiger partial charge in [0.2, 0.25) is 5.95 Å². The smallest absolute Gasteiger partial charge is 0.411 e. The summed E-state index contributed by atoms with van der Waals surface area (Å²) >= 11 is 1.52. The fraction of sp³-hybridized carbons (Fsp3) is 0.152. The average Bonchev–Trinajstić information content (AvgIpc) is 3.68. The standard InChI is InChI=1S/C33H28FN7O3S/c34-24-6-4-22(5-7-24)21-44-33(42)37-26-3-1-2-23(20-26)29-30(41-16-19-45-32(41)39-29)28-12-13-35-31(38-28)36-25-8-10-27(11-9-25)40-14-17-43-18-15-40/h1-13,16,19-20H,14-15,17-18,21H2,(H,37,42)(H,35,36,38). The summed E-state index contributed by atoms with van der Waals surface area (Å²) < 4.78 is 26.0. The predicted molar refractivity (Wildman–Crippen MR) is 172 cm³/mol. The summed E-state index contributed by atoms with van der Waals surface area (Å²) in [5.74, 6) is 0.115. The van der Waals surface area contributed by atoms with E-state index >= 15 is 0 Å². The van der Waals surface area contributed by atoms with Gasteiger partial charge in [0.25, 0.3) is 0 Å². The van der Waals surface area contributed by atoms with Crippen molar-refractivity contribution in [1.29, 1.82) is 0 Å². The number of carbonyl (C=O) groups excluding carboxylic acids is 1. The van der Waals surface area contributed by atoms with Gasteiger partial charge in [0.05, 0.1) is 24.6 Å². The Hall–Kier alpha value is -5.33. The van der Waals surface area contributed by atoms with E-state index in [1.807, 2.05) is 52.4 Å². The van der Waals surface area contributed by atoms with Gasteiger partial charge in [0, 0.05) is 53.5 Å². The molecule has 226 valence electrons. The number of hydrogen-bond donors (Lipinski definition) is 2. The highest BCUT2D eigenvalue weighted by molar-refractivity contribution is 7.15. The molecule has 45 heavy (non-hydrogen) atoms. The van der Waals surface area contributed by atoms with Crippen molar-refractivity contribution in [3.8, 4) is 22.6 Å². The van der Waals surface area contributed by atoms with Crippen LogP contribution in [0.4, 0.5) is 32.2 Å². The maximum absolute atomic E-state index is 13.2. The number of aromatic nitrogens is 4. The summed E-state index contributed by atoms with van der Waals surface area (Å²) in [4.78, 5) is 29.8. The molecule has 12 heteroatoms. The van der Waals surface area contributed by atoms with Crippen LogP contribution in [0.1, 0.15) is 5.56 Å². The molecule has 4 heterocycles. The highest BCUT2D eigenvalue weighted by Gasteiger charge is 2.19. The second-order valence-electron chi connectivity index (χ2n) is 10.3. The summed E-state index contributed by atoms with van der Waals surface area (Å²) in [6, 6.07) is 23.3. The van der Waals surface area contributed by atoms with E-state index in [0.29, 0.717) is 28.6 Å². The topological polar surface area (TPSA) is 106 Å². The highest BCUT2D eigenvalue weighted by atomic mass is 32.1. The van der Waals surface area contributed by atoms with Gasteiger partial charge in [0.15, 0.2) is 4.96 Å². The number of nitrogens with one attached hydrogen (secondary N) is 2. The third-order valence-electron chi connectivity index (χ3n) is 7.33. The fourth-order valence-corrected chi connectivity index (χ4v) is 5.83. The van der Waals surface area contributed by atoms with Crippen LogP contribution in [0.25, 0.3) is 27.6 Å². The van der Waals surface area contributed by atoms with E-state index in [4.69, 9.17) is 19.4 Å². The Kier molecular flexibility index (Phi) is 8.04. The number of amides is 1. The first-order valence-electron chi connectivity index (χ1n) is 14.4. The lowest BCUT2D eigenvalue weighted by atomic mass is 10.1. The lowest BCUT2D eigenvalue weighted by molar-refractivity contribution is 0.122. The number of thiazole rings is 1. The van der Waals surface area contributed by atoms with Crippen LogP contribution in [0, 0.1) is 5.82 Å². The first kappa shape index (κ1) is 28.4. The van der Waals surface area contributed by atoms with Crippen LogP contribution in [0.5, 0.6) is 0 Å².